The van der Waals surface area contributed by atoms with Crippen molar-refractivity contribution in [3.05, 3.63) is 35.9 Å². The Kier molecular flexibility index (Phi) is 3.31. The number of hydrogen-bond acceptors (Lipinski definition) is 3. The Bertz CT molecular complexity index is 603. The topological polar surface area (TPSA) is 50.0 Å². The van der Waals surface area contributed by atoms with Gasteiger partial charge in [0, 0.05) is 5.39 Å². The lowest BCUT2D eigenvalue weighted by Gasteiger charge is -2.22. The highest BCUT2D eigenvalue weighted by Gasteiger charge is 2.22. The maximum Gasteiger partial charge on any atom is 0.283 e. The third kappa shape index (κ3) is 2.38. The van der Waals surface area contributed by atoms with Crippen LogP contribution in [0.25, 0.3) is 10.9 Å². The molecule has 2 N–H and O–H groups in total. The minimum Gasteiger partial charge on any atom is -0.411 e. The number of nitrogens with zero attached hydrogens (tertiary/aromatic N) is 2. The zero-order valence-electron chi connectivity index (χ0n) is 10.8. The number of hydrogen-bond donors (Lipinski definition) is 1. The molecule has 0 unspecified atom stereocenters. The number of fused-ring (bicyclic) bond motifs is 1. The summed E-state index contributed by atoms with van der Waals surface area (Å²) in [5.74, 6) is 1.05. The summed E-state index contributed by atoms with van der Waals surface area (Å²) >= 11 is 0. The van der Waals surface area contributed by atoms with E-state index in [0.717, 1.165) is 35.4 Å². The first-order valence-corrected chi connectivity index (χ1v) is 6.76. The van der Waals surface area contributed by atoms with Crippen LogP contribution in [0.15, 0.2) is 35.5 Å². The molecule has 0 radical (unpaired) electrons. The van der Waals surface area contributed by atoms with Crippen LogP contribution in [0.1, 0.15) is 24.8 Å². The molecule has 2 aromatic rings. The van der Waals surface area contributed by atoms with Crippen molar-refractivity contribution in [2.45, 2.75) is 19.3 Å². The van der Waals surface area contributed by atoms with Gasteiger partial charge in [0.15, 0.2) is 0 Å². The summed E-state index contributed by atoms with van der Waals surface area (Å²) in [6.45, 7) is 2.11. The van der Waals surface area contributed by atoms with Gasteiger partial charge < -0.3 is 5.21 Å². The van der Waals surface area contributed by atoms with Crippen LogP contribution in [-0.4, -0.2) is 24.5 Å². The average molecular weight is 256 g/mol. The lowest BCUT2D eigenvalue weighted by Crippen LogP contribution is -2.35. The minimum atomic E-state index is 0.933. The molecule has 3 rings (SSSR count). The summed E-state index contributed by atoms with van der Waals surface area (Å²) in [5.41, 5.74) is 2.04. The van der Waals surface area contributed by atoms with Gasteiger partial charge in [-0.2, -0.15) is 0 Å². The largest absolute Gasteiger partial charge is 0.411 e. The highest BCUT2D eigenvalue weighted by Crippen LogP contribution is 2.21. The number of aromatic nitrogens is 1. The van der Waals surface area contributed by atoms with Crippen molar-refractivity contribution in [1.29, 1.82) is 0 Å². The molecule has 0 spiro atoms. The smallest absolute Gasteiger partial charge is 0.283 e. The average Bonchev–Trinajstić information content (AvgIpc) is 2.48. The van der Waals surface area contributed by atoms with Crippen LogP contribution in [-0.2, 0) is 0 Å². The van der Waals surface area contributed by atoms with E-state index < -0.39 is 0 Å². The van der Waals surface area contributed by atoms with Crippen LogP contribution in [0.2, 0.25) is 0 Å². The molecule has 1 aromatic heterocycles. The highest BCUT2D eigenvalue weighted by molar-refractivity contribution is 5.90. The fraction of sp³-hybridized carbons (Fsp3) is 0.333. The summed E-state index contributed by atoms with van der Waals surface area (Å²) in [6, 6.07) is 10.2. The Morgan fingerprint density at radius 1 is 1.16 bits per heavy atom. The number of aromatic amines is 1. The third-order valence-electron chi connectivity index (χ3n) is 3.67. The van der Waals surface area contributed by atoms with Crippen LogP contribution in [0.5, 0.6) is 0 Å². The van der Waals surface area contributed by atoms with E-state index in [1.165, 1.54) is 25.5 Å². The first-order chi connectivity index (χ1) is 9.38. The summed E-state index contributed by atoms with van der Waals surface area (Å²) in [4.78, 5) is 5.81. The molecule has 19 heavy (non-hydrogen) atoms. The molecule has 0 bridgehead atoms. The molecular weight excluding hydrogens is 238 g/mol. The van der Waals surface area contributed by atoms with Gasteiger partial charge >= 0.3 is 0 Å². The molecular formula is C15H18N3O+. The summed E-state index contributed by atoms with van der Waals surface area (Å²) in [6.07, 6.45) is 5.24. The summed E-state index contributed by atoms with van der Waals surface area (Å²) < 4.78 is 0. The molecule has 0 saturated carbocycles. The zero-order valence-corrected chi connectivity index (χ0v) is 10.8. The van der Waals surface area contributed by atoms with E-state index in [-0.39, 0.29) is 0 Å². The van der Waals surface area contributed by atoms with E-state index in [9.17, 15) is 0 Å². The van der Waals surface area contributed by atoms with Gasteiger partial charge in [-0.3, -0.25) is 4.90 Å². The van der Waals surface area contributed by atoms with Gasteiger partial charge in [-0.1, -0.05) is 23.4 Å². The second kappa shape index (κ2) is 5.26. The van der Waals surface area contributed by atoms with Gasteiger partial charge in [0.1, 0.15) is 5.52 Å². The SMILES string of the molecule is O/N=C/c1cc2ccccc2[nH+]c1N1CCCCC1. The lowest BCUT2D eigenvalue weighted by molar-refractivity contribution is -0.330. The van der Waals surface area contributed by atoms with Crippen molar-refractivity contribution in [1.82, 2.24) is 0 Å². The molecule has 98 valence electrons. The number of benzene rings is 1. The first-order valence-electron chi connectivity index (χ1n) is 6.76. The Labute approximate surface area is 112 Å². The number of pyridine rings is 1. The summed E-state index contributed by atoms with van der Waals surface area (Å²) in [5, 5.41) is 13.2. The number of rotatable bonds is 2. The van der Waals surface area contributed by atoms with Crippen LogP contribution >= 0.6 is 0 Å². The van der Waals surface area contributed by atoms with E-state index in [1.54, 1.807) is 0 Å². The van der Waals surface area contributed by atoms with Crippen LogP contribution in [0.3, 0.4) is 0 Å². The second-order valence-corrected chi connectivity index (χ2v) is 4.95. The zero-order chi connectivity index (χ0) is 13.1. The van der Waals surface area contributed by atoms with Gasteiger partial charge in [0.2, 0.25) is 0 Å². The number of anilines is 1. The second-order valence-electron chi connectivity index (χ2n) is 4.95. The molecule has 0 atom stereocenters. The van der Waals surface area contributed by atoms with Gasteiger partial charge in [0.05, 0.1) is 24.9 Å². The number of H-pyrrole nitrogens is 1. The summed E-state index contributed by atoms with van der Waals surface area (Å²) in [7, 11) is 0. The van der Waals surface area contributed by atoms with Gasteiger partial charge in [-0.05, 0) is 31.4 Å². The Morgan fingerprint density at radius 2 is 1.95 bits per heavy atom. The van der Waals surface area contributed by atoms with Crippen molar-refractivity contribution in [3.63, 3.8) is 0 Å². The molecule has 1 aliphatic heterocycles. The van der Waals surface area contributed by atoms with E-state index in [0.29, 0.717) is 0 Å². The maximum atomic E-state index is 8.85. The van der Waals surface area contributed by atoms with E-state index in [4.69, 9.17) is 5.21 Å². The number of para-hydroxylation sites is 1. The third-order valence-corrected chi connectivity index (χ3v) is 3.67. The van der Waals surface area contributed by atoms with Crippen molar-refractivity contribution in [2.24, 2.45) is 5.16 Å². The number of piperidine rings is 1. The van der Waals surface area contributed by atoms with E-state index in [2.05, 4.69) is 33.2 Å². The normalized spacial score (nSPS) is 16.3. The molecule has 4 nitrogen and oxygen atoms in total. The maximum absolute atomic E-state index is 8.85. The highest BCUT2D eigenvalue weighted by atomic mass is 16.4. The molecule has 0 aliphatic carbocycles. The Balaban J connectivity index is 2.11. The quantitative estimate of drug-likeness (QED) is 0.510. The Hall–Kier alpha value is -2.10. The number of oxime groups is 1. The fourth-order valence-electron chi connectivity index (χ4n) is 2.71. The first kappa shape index (κ1) is 12.0. The van der Waals surface area contributed by atoms with Crippen LogP contribution in [0.4, 0.5) is 5.82 Å². The fourth-order valence-corrected chi connectivity index (χ4v) is 2.71. The molecule has 2 heterocycles. The van der Waals surface area contributed by atoms with Crippen molar-refractivity contribution >= 4 is 22.9 Å². The molecule has 1 fully saturated rings. The minimum absolute atomic E-state index is 0.933. The van der Waals surface area contributed by atoms with Crippen LogP contribution < -0.4 is 9.88 Å². The van der Waals surface area contributed by atoms with Crippen molar-refractivity contribution in [3.8, 4) is 0 Å². The van der Waals surface area contributed by atoms with E-state index in [1.807, 2.05) is 12.1 Å². The molecule has 4 heteroatoms. The molecule has 1 saturated heterocycles. The standard InChI is InChI=1S/C15H17N3O/c19-16-11-13-10-12-6-2-3-7-14(12)17-15(13)18-8-4-1-5-9-18/h2-3,6-7,10-11,19H,1,4-5,8-9H2/p+1/b16-11+. The van der Waals surface area contributed by atoms with Gasteiger partial charge in [0.25, 0.3) is 5.82 Å². The van der Waals surface area contributed by atoms with E-state index >= 15 is 0 Å². The van der Waals surface area contributed by atoms with Crippen molar-refractivity contribution < 1.29 is 10.2 Å². The predicted molar refractivity (Wildman–Crippen MR) is 75.9 cm³/mol. The Morgan fingerprint density at radius 3 is 2.74 bits per heavy atom. The molecule has 0 amide bonds. The van der Waals surface area contributed by atoms with Crippen LogP contribution in [0, 0.1) is 0 Å². The van der Waals surface area contributed by atoms with Crippen molar-refractivity contribution in [2.75, 3.05) is 18.0 Å². The van der Waals surface area contributed by atoms with Gasteiger partial charge in [-0.25, -0.2) is 4.98 Å². The lowest BCUT2D eigenvalue weighted by atomic mass is 10.1. The number of nitrogens with one attached hydrogen (secondary N) is 1. The predicted octanol–water partition coefficient (Wildman–Crippen LogP) is 2.45. The molecule has 1 aliphatic rings. The molecule has 1 aromatic carbocycles. The monoisotopic (exact) mass is 256 g/mol. The van der Waals surface area contributed by atoms with Gasteiger partial charge in [-0.15, -0.1) is 0 Å².